The first-order valence-corrected chi connectivity index (χ1v) is 8.28. The molecule has 0 aliphatic rings. The standard InChI is InChI=1S/C21H21N2O3.BrH/c1-15-4-6-16(7-5-15)19(24)13-23-11-10-18(22-14-23)17-8-9-20(25-2)21(12-17)26-3;/h4-12,14H,13H2,1-3H3;1H/q+1;. The molecule has 0 saturated heterocycles. The van der Waals surface area contributed by atoms with Gasteiger partial charge in [0.2, 0.25) is 5.78 Å². The average molecular weight is 430 g/mol. The van der Waals surface area contributed by atoms with E-state index in [0.717, 1.165) is 16.8 Å². The third-order valence-corrected chi connectivity index (χ3v) is 4.15. The molecule has 0 spiro atoms. The van der Waals surface area contributed by atoms with Crippen molar-refractivity contribution in [2.45, 2.75) is 13.5 Å². The lowest BCUT2D eigenvalue weighted by atomic mass is 10.1. The lowest BCUT2D eigenvalue weighted by Crippen LogP contribution is -2.37. The topological polar surface area (TPSA) is 52.3 Å². The van der Waals surface area contributed by atoms with Crippen LogP contribution in [-0.4, -0.2) is 25.0 Å². The number of Topliss-reactive ketones (excluding diaryl/α,β-unsaturated/α-hetero) is 1. The Morgan fingerprint density at radius 1 is 1.00 bits per heavy atom. The number of aryl methyl sites for hydroxylation is 1. The van der Waals surface area contributed by atoms with E-state index in [0.29, 0.717) is 17.1 Å². The molecular weight excluding hydrogens is 408 g/mol. The number of carbonyl (C=O) groups is 1. The summed E-state index contributed by atoms with van der Waals surface area (Å²) in [7, 11) is 3.21. The normalized spacial score (nSPS) is 10.0. The van der Waals surface area contributed by atoms with Gasteiger partial charge in [0.1, 0.15) is 0 Å². The minimum atomic E-state index is 0. The quantitative estimate of drug-likeness (QED) is 0.441. The molecule has 3 rings (SSSR count). The van der Waals surface area contributed by atoms with E-state index >= 15 is 0 Å². The van der Waals surface area contributed by atoms with Crippen LogP contribution in [0.15, 0.2) is 61.1 Å². The lowest BCUT2D eigenvalue weighted by Gasteiger charge is -2.08. The SMILES string of the molecule is Br.COc1ccc(-c2cc[n+](CC(=O)c3ccc(C)cc3)cn2)cc1OC. The summed E-state index contributed by atoms with van der Waals surface area (Å²) in [6.45, 7) is 2.25. The summed E-state index contributed by atoms with van der Waals surface area (Å²) in [6, 6.07) is 15.1. The van der Waals surface area contributed by atoms with E-state index in [2.05, 4.69) is 4.98 Å². The molecule has 0 saturated carbocycles. The Hall–Kier alpha value is -2.73. The summed E-state index contributed by atoms with van der Waals surface area (Å²) < 4.78 is 12.4. The summed E-state index contributed by atoms with van der Waals surface area (Å²) in [5.74, 6) is 1.37. The summed E-state index contributed by atoms with van der Waals surface area (Å²) in [4.78, 5) is 16.8. The van der Waals surface area contributed by atoms with Gasteiger partial charge in [-0.2, -0.15) is 0 Å². The maximum Gasteiger partial charge on any atom is 0.287 e. The second kappa shape index (κ2) is 9.28. The summed E-state index contributed by atoms with van der Waals surface area (Å²) in [5.41, 5.74) is 3.55. The Morgan fingerprint density at radius 3 is 2.30 bits per heavy atom. The maximum atomic E-state index is 12.4. The molecule has 1 heterocycles. The lowest BCUT2D eigenvalue weighted by molar-refractivity contribution is -0.686. The van der Waals surface area contributed by atoms with Crippen LogP contribution in [0.5, 0.6) is 11.5 Å². The number of halogens is 1. The van der Waals surface area contributed by atoms with Gasteiger partial charge in [-0.25, -0.2) is 4.57 Å². The fourth-order valence-electron chi connectivity index (χ4n) is 2.64. The number of rotatable bonds is 6. The third kappa shape index (κ3) is 4.92. The number of carbonyl (C=O) groups excluding carboxylic acids is 1. The third-order valence-electron chi connectivity index (χ3n) is 4.15. The van der Waals surface area contributed by atoms with Gasteiger partial charge in [-0.1, -0.05) is 29.8 Å². The molecule has 0 amide bonds. The predicted octanol–water partition coefficient (Wildman–Crippen LogP) is 3.82. The first-order chi connectivity index (χ1) is 12.6. The van der Waals surface area contributed by atoms with Gasteiger partial charge in [-0.3, -0.25) is 4.79 Å². The average Bonchev–Trinajstić information content (AvgIpc) is 2.68. The smallest absolute Gasteiger partial charge is 0.287 e. The van der Waals surface area contributed by atoms with Gasteiger partial charge in [0.25, 0.3) is 6.33 Å². The highest BCUT2D eigenvalue weighted by Gasteiger charge is 2.13. The van der Waals surface area contributed by atoms with E-state index in [4.69, 9.17) is 9.47 Å². The number of ketones is 1. The number of methoxy groups -OCH3 is 2. The summed E-state index contributed by atoms with van der Waals surface area (Å²) in [5, 5.41) is 0. The maximum absolute atomic E-state index is 12.4. The highest BCUT2D eigenvalue weighted by molar-refractivity contribution is 8.93. The monoisotopic (exact) mass is 429 g/mol. The van der Waals surface area contributed by atoms with Crippen molar-refractivity contribution in [2.75, 3.05) is 14.2 Å². The summed E-state index contributed by atoms with van der Waals surface area (Å²) in [6.07, 6.45) is 3.52. The molecule has 0 atom stereocenters. The molecule has 0 aliphatic carbocycles. The van der Waals surface area contributed by atoms with Gasteiger partial charge in [-0.05, 0) is 30.1 Å². The van der Waals surface area contributed by atoms with Crippen molar-refractivity contribution in [1.29, 1.82) is 0 Å². The first kappa shape index (κ1) is 20.6. The number of ether oxygens (including phenoxy) is 2. The molecule has 27 heavy (non-hydrogen) atoms. The fraction of sp³-hybridized carbons (Fsp3) is 0.190. The fourth-order valence-corrected chi connectivity index (χ4v) is 2.64. The molecule has 0 unspecified atom stereocenters. The van der Waals surface area contributed by atoms with Crippen LogP contribution in [0.25, 0.3) is 11.3 Å². The molecule has 2 aromatic carbocycles. The Morgan fingerprint density at radius 2 is 1.70 bits per heavy atom. The highest BCUT2D eigenvalue weighted by atomic mass is 79.9. The molecule has 5 nitrogen and oxygen atoms in total. The van der Waals surface area contributed by atoms with Crippen LogP contribution in [-0.2, 0) is 6.54 Å². The van der Waals surface area contributed by atoms with E-state index < -0.39 is 0 Å². The van der Waals surface area contributed by atoms with Crippen molar-refractivity contribution in [3.8, 4) is 22.8 Å². The van der Waals surface area contributed by atoms with E-state index in [1.807, 2.05) is 61.7 Å². The molecule has 0 bridgehead atoms. The molecule has 140 valence electrons. The predicted molar refractivity (Wildman–Crippen MR) is 109 cm³/mol. The van der Waals surface area contributed by atoms with E-state index in [1.54, 1.807) is 25.1 Å². The van der Waals surface area contributed by atoms with Gasteiger partial charge in [0.05, 0.1) is 20.4 Å². The van der Waals surface area contributed by atoms with Gasteiger partial charge in [0, 0.05) is 17.2 Å². The summed E-state index contributed by atoms with van der Waals surface area (Å²) >= 11 is 0. The zero-order valence-electron chi connectivity index (χ0n) is 15.5. The van der Waals surface area contributed by atoms with Crippen LogP contribution in [0.2, 0.25) is 0 Å². The second-order valence-corrected chi connectivity index (χ2v) is 5.98. The molecule has 0 fully saturated rings. The molecule has 0 aliphatic heterocycles. The van der Waals surface area contributed by atoms with Crippen molar-refractivity contribution < 1.29 is 18.8 Å². The molecule has 1 aromatic heterocycles. The van der Waals surface area contributed by atoms with Crippen LogP contribution < -0.4 is 14.0 Å². The van der Waals surface area contributed by atoms with Gasteiger partial charge < -0.3 is 9.47 Å². The van der Waals surface area contributed by atoms with Crippen LogP contribution in [0.1, 0.15) is 15.9 Å². The van der Waals surface area contributed by atoms with Crippen LogP contribution in [0.4, 0.5) is 0 Å². The molecular formula is C21H22BrN2O3+. The van der Waals surface area contributed by atoms with E-state index in [1.165, 1.54) is 0 Å². The van der Waals surface area contributed by atoms with E-state index in [9.17, 15) is 4.79 Å². The number of hydrogen-bond acceptors (Lipinski definition) is 4. The van der Waals surface area contributed by atoms with Gasteiger partial charge >= 0.3 is 0 Å². The number of aromatic nitrogens is 2. The first-order valence-electron chi connectivity index (χ1n) is 8.28. The molecule has 0 N–H and O–H groups in total. The van der Waals surface area contributed by atoms with Crippen molar-refractivity contribution >= 4 is 22.8 Å². The molecule has 6 heteroatoms. The largest absolute Gasteiger partial charge is 0.493 e. The van der Waals surface area contributed by atoms with Crippen molar-refractivity contribution in [1.82, 2.24) is 4.98 Å². The minimum Gasteiger partial charge on any atom is -0.493 e. The second-order valence-electron chi connectivity index (χ2n) is 5.98. The van der Waals surface area contributed by atoms with Crippen molar-refractivity contribution in [2.24, 2.45) is 0 Å². The Labute approximate surface area is 169 Å². The van der Waals surface area contributed by atoms with Crippen LogP contribution in [0.3, 0.4) is 0 Å². The van der Waals surface area contributed by atoms with E-state index in [-0.39, 0.29) is 29.3 Å². The van der Waals surface area contributed by atoms with Gasteiger partial charge in [0.15, 0.2) is 23.7 Å². The number of nitrogens with zero attached hydrogens (tertiary/aromatic N) is 2. The zero-order valence-corrected chi connectivity index (χ0v) is 17.2. The number of benzene rings is 2. The highest BCUT2D eigenvalue weighted by Crippen LogP contribution is 2.31. The van der Waals surface area contributed by atoms with Crippen LogP contribution in [0, 0.1) is 6.92 Å². The van der Waals surface area contributed by atoms with Crippen molar-refractivity contribution in [3.05, 3.63) is 72.2 Å². The Balaban J connectivity index is 0.00000261. The minimum absolute atomic E-state index is 0. The van der Waals surface area contributed by atoms with Crippen molar-refractivity contribution in [3.63, 3.8) is 0 Å². The Kier molecular flexibility index (Phi) is 7.07. The Bertz CT molecular complexity index is 910. The number of hydrogen-bond donors (Lipinski definition) is 0. The van der Waals surface area contributed by atoms with Gasteiger partial charge in [-0.15, -0.1) is 17.0 Å². The molecule has 0 radical (unpaired) electrons. The zero-order chi connectivity index (χ0) is 18.5. The van der Waals surface area contributed by atoms with Crippen LogP contribution >= 0.6 is 17.0 Å². The molecule has 3 aromatic rings.